The highest BCUT2D eigenvalue weighted by molar-refractivity contribution is 7.27. The number of hydrogen-bond donors (Lipinski definition) is 0. The molecule has 0 saturated heterocycles. The molecule has 0 radical (unpaired) electrons. The molecule has 0 aliphatic rings. The summed E-state index contributed by atoms with van der Waals surface area (Å²) in [6.45, 7) is 0. The van der Waals surface area contributed by atoms with Gasteiger partial charge in [-0.15, -0.1) is 11.3 Å². The zero-order valence-electron chi connectivity index (χ0n) is 26.0. The maximum Gasteiger partial charge on any atom is 0.0715 e. The van der Waals surface area contributed by atoms with Crippen molar-refractivity contribution in [2.75, 3.05) is 0 Å². The number of hydrogen-bond acceptors (Lipinski definition) is 2. The van der Waals surface area contributed by atoms with E-state index >= 15 is 0 Å². The summed E-state index contributed by atoms with van der Waals surface area (Å²) in [5, 5.41) is 7.87. The first kappa shape index (κ1) is 27.1. The van der Waals surface area contributed by atoms with Gasteiger partial charge >= 0.3 is 0 Å². The molecule has 0 aliphatic carbocycles. The molecular formula is C45H28N2S. The molecule has 0 fully saturated rings. The molecule has 2 nitrogen and oxygen atoms in total. The lowest BCUT2D eigenvalue weighted by Crippen LogP contribution is -1.95. The first-order valence-electron chi connectivity index (χ1n) is 16.3. The van der Waals surface area contributed by atoms with Crippen molar-refractivity contribution >= 4 is 64.1 Å². The van der Waals surface area contributed by atoms with Crippen molar-refractivity contribution in [3.63, 3.8) is 0 Å². The van der Waals surface area contributed by atoms with E-state index in [1.54, 1.807) is 0 Å². The van der Waals surface area contributed by atoms with Crippen LogP contribution in [0.5, 0.6) is 0 Å². The molecule has 0 atom stereocenters. The normalized spacial score (nSPS) is 11.8. The quantitative estimate of drug-likeness (QED) is 0.190. The lowest BCUT2D eigenvalue weighted by molar-refractivity contribution is 1.19. The number of aromatic nitrogens is 2. The molecule has 224 valence electrons. The summed E-state index contributed by atoms with van der Waals surface area (Å²) in [6.07, 6.45) is 0. The van der Waals surface area contributed by atoms with E-state index in [4.69, 9.17) is 4.98 Å². The van der Waals surface area contributed by atoms with Gasteiger partial charge in [0.05, 0.1) is 22.4 Å². The molecule has 0 saturated carbocycles. The van der Waals surface area contributed by atoms with Gasteiger partial charge in [-0.25, -0.2) is 4.98 Å². The maximum atomic E-state index is 5.18. The van der Waals surface area contributed by atoms with Crippen LogP contribution in [-0.4, -0.2) is 9.55 Å². The fourth-order valence-corrected chi connectivity index (χ4v) is 8.68. The average Bonchev–Trinajstić information content (AvgIpc) is 3.72. The van der Waals surface area contributed by atoms with Gasteiger partial charge in [-0.05, 0) is 52.9 Å². The predicted octanol–water partition coefficient (Wildman–Crippen LogP) is 12.7. The van der Waals surface area contributed by atoms with Crippen LogP contribution in [0.1, 0.15) is 0 Å². The molecule has 0 spiro atoms. The van der Waals surface area contributed by atoms with Gasteiger partial charge in [-0.3, -0.25) is 0 Å². The van der Waals surface area contributed by atoms with Gasteiger partial charge in [0, 0.05) is 53.1 Å². The molecule has 0 amide bonds. The van der Waals surface area contributed by atoms with Crippen molar-refractivity contribution < 1.29 is 0 Å². The van der Waals surface area contributed by atoms with Crippen molar-refractivity contribution in [1.82, 2.24) is 9.55 Å². The van der Waals surface area contributed by atoms with Crippen LogP contribution in [0.4, 0.5) is 0 Å². The average molecular weight is 629 g/mol. The van der Waals surface area contributed by atoms with E-state index in [0.29, 0.717) is 0 Å². The van der Waals surface area contributed by atoms with E-state index < -0.39 is 0 Å². The Balaban J connectivity index is 1.21. The number of para-hydroxylation sites is 1. The lowest BCUT2D eigenvalue weighted by Gasteiger charge is -2.13. The second kappa shape index (κ2) is 10.8. The second-order valence-corrected chi connectivity index (χ2v) is 13.4. The van der Waals surface area contributed by atoms with E-state index in [9.17, 15) is 0 Å². The lowest BCUT2D eigenvalue weighted by atomic mass is 9.99. The standard InChI is InChI=1S/C45H28N2S/c1-3-13-29(14-4-1)32-27-38(30-15-5-2-6-16-30)46-39(28-32)31-23-25-33(26-24-31)47-40-21-11-9-19-36(40)43-44(47)35-18-8-7-17-34(35)42-37-20-10-12-22-41(37)48-45(42)43/h1-28H. The SMILES string of the molecule is c1ccc(-c2cc(-c3ccccc3)nc(-c3ccc(-n4c5ccccc5c5c6sc7ccccc7c6c6ccccc6c54)cc3)c2)cc1. The number of benzene rings is 7. The predicted molar refractivity (Wildman–Crippen MR) is 205 cm³/mol. The molecular weight excluding hydrogens is 601 g/mol. The van der Waals surface area contributed by atoms with Gasteiger partial charge in [0.25, 0.3) is 0 Å². The number of thiophene rings is 1. The highest BCUT2D eigenvalue weighted by Gasteiger charge is 2.21. The summed E-state index contributed by atoms with van der Waals surface area (Å²) in [4.78, 5) is 5.18. The summed E-state index contributed by atoms with van der Waals surface area (Å²) in [6, 6.07) is 61.0. The van der Waals surface area contributed by atoms with Gasteiger partial charge in [0.15, 0.2) is 0 Å². The zero-order valence-corrected chi connectivity index (χ0v) is 26.8. The number of pyridine rings is 1. The van der Waals surface area contributed by atoms with Crippen LogP contribution in [0.3, 0.4) is 0 Å². The summed E-state index contributed by atoms with van der Waals surface area (Å²) in [7, 11) is 0. The van der Waals surface area contributed by atoms with E-state index in [2.05, 4.69) is 168 Å². The monoisotopic (exact) mass is 628 g/mol. The van der Waals surface area contributed by atoms with Crippen molar-refractivity contribution in [1.29, 1.82) is 0 Å². The Morgan fingerprint density at radius 1 is 0.417 bits per heavy atom. The van der Waals surface area contributed by atoms with Crippen molar-refractivity contribution in [3.05, 3.63) is 170 Å². The molecule has 0 bridgehead atoms. The van der Waals surface area contributed by atoms with E-state index in [0.717, 1.165) is 33.8 Å². The maximum absolute atomic E-state index is 5.18. The summed E-state index contributed by atoms with van der Waals surface area (Å²) in [5.41, 5.74) is 10.1. The van der Waals surface area contributed by atoms with Crippen LogP contribution >= 0.6 is 11.3 Å². The third-order valence-electron chi connectivity index (χ3n) is 9.57. The number of fused-ring (bicyclic) bond motifs is 10. The Bertz CT molecular complexity index is 2750. The van der Waals surface area contributed by atoms with Crippen molar-refractivity contribution in [2.24, 2.45) is 0 Å². The Kier molecular flexibility index (Phi) is 6.08. The zero-order chi connectivity index (χ0) is 31.6. The number of nitrogens with zero attached hydrogens (tertiary/aromatic N) is 2. The Morgan fingerprint density at radius 3 is 1.71 bits per heavy atom. The third kappa shape index (κ3) is 4.15. The summed E-state index contributed by atoms with van der Waals surface area (Å²) < 4.78 is 5.14. The Labute approximate surface area is 281 Å². The van der Waals surface area contributed by atoms with Crippen LogP contribution in [0.25, 0.3) is 92.1 Å². The van der Waals surface area contributed by atoms with Gasteiger partial charge in [0.2, 0.25) is 0 Å². The minimum atomic E-state index is 0.960. The molecule has 10 rings (SSSR count). The summed E-state index contributed by atoms with van der Waals surface area (Å²) >= 11 is 1.91. The molecule has 3 heteroatoms. The third-order valence-corrected chi connectivity index (χ3v) is 10.8. The van der Waals surface area contributed by atoms with Crippen molar-refractivity contribution in [2.45, 2.75) is 0 Å². The minimum absolute atomic E-state index is 0.960. The smallest absolute Gasteiger partial charge is 0.0715 e. The highest BCUT2D eigenvalue weighted by Crippen LogP contribution is 2.48. The molecule has 10 aromatic rings. The first-order valence-corrected chi connectivity index (χ1v) is 17.1. The fraction of sp³-hybridized carbons (Fsp3) is 0. The van der Waals surface area contributed by atoms with Crippen LogP contribution in [0, 0.1) is 0 Å². The van der Waals surface area contributed by atoms with Crippen molar-refractivity contribution in [3.8, 4) is 39.3 Å². The molecule has 0 unspecified atom stereocenters. The van der Waals surface area contributed by atoms with Gasteiger partial charge < -0.3 is 4.57 Å². The van der Waals surface area contributed by atoms with Crippen LogP contribution < -0.4 is 0 Å². The van der Waals surface area contributed by atoms with Gasteiger partial charge in [0.1, 0.15) is 0 Å². The second-order valence-electron chi connectivity index (χ2n) is 12.3. The number of rotatable bonds is 4. The van der Waals surface area contributed by atoms with Crippen LogP contribution in [0.2, 0.25) is 0 Å². The molecule has 0 N–H and O–H groups in total. The molecule has 7 aromatic carbocycles. The summed E-state index contributed by atoms with van der Waals surface area (Å²) in [5.74, 6) is 0. The molecule has 0 aliphatic heterocycles. The van der Waals surface area contributed by atoms with Crippen LogP contribution in [-0.2, 0) is 0 Å². The van der Waals surface area contributed by atoms with E-state index in [1.165, 1.54) is 58.3 Å². The van der Waals surface area contributed by atoms with E-state index in [-0.39, 0.29) is 0 Å². The topological polar surface area (TPSA) is 17.8 Å². The first-order chi connectivity index (χ1) is 23.8. The minimum Gasteiger partial charge on any atom is -0.309 e. The van der Waals surface area contributed by atoms with Gasteiger partial charge in [-0.2, -0.15) is 0 Å². The largest absolute Gasteiger partial charge is 0.309 e. The molecule has 48 heavy (non-hydrogen) atoms. The molecule has 3 heterocycles. The molecule has 3 aromatic heterocycles. The highest BCUT2D eigenvalue weighted by atomic mass is 32.1. The fourth-order valence-electron chi connectivity index (χ4n) is 7.40. The Hall–Kier alpha value is -6.03. The van der Waals surface area contributed by atoms with Gasteiger partial charge in [-0.1, -0.05) is 133 Å². The Morgan fingerprint density at radius 2 is 0.979 bits per heavy atom. The van der Waals surface area contributed by atoms with Crippen LogP contribution in [0.15, 0.2) is 170 Å². The van der Waals surface area contributed by atoms with E-state index in [1.807, 2.05) is 17.4 Å².